The molecule has 0 saturated heterocycles. The number of hydrogen-bond donors (Lipinski definition) is 9. The summed E-state index contributed by atoms with van der Waals surface area (Å²) in [6.45, 7) is 0. The maximum atomic E-state index is 12.1. The number of carboxylic acids is 4. The highest BCUT2D eigenvalue weighted by atomic mass is 31.2. The van der Waals surface area contributed by atoms with Gasteiger partial charge in [-0.05, 0) is 42.7 Å². The Morgan fingerprint density at radius 3 is 2.06 bits per heavy atom. The number of aromatic amines is 1. The lowest BCUT2D eigenvalue weighted by Gasteiger charge is -2.08. The first-order valence-corrected chi connectivity index (χ1v) is 17.1. The highest BCUT2D eigenvalue weighted by Gasteiger charge is 2.25. The van der Waals surface area contributed by atoms with Crippen LogP contribution >= 0.6 is 7.60 Å². The first-order chi connectivity index (χ1) is 24.4. The van der Waals surface area contributed by atoms with E-state index in [2.05, 4.69) is 10.3 Å². The molecule has 1 amide bonds. The number of carbonyl (C=O) groups is 5. The molecule has 0 spiro atoms. The molecule has 4 aromatic rings. The summed E-state index contributed by atoms with van der Waals surface area (Å²) in [4.78, 5) is 85.2. The van der Waals surface area contributed by atoms with Crippen molar-refractivity contribution < 1.29 is 63.7 Å². The fourth-order valence-corrected chi connectivity index (χ4v) is 5.27. The zero-order valence-corrected chi connectivity index (χ0v) is 28.2. The van der Waals surface area contributed by atoms with Gasteiger partial charge in [0.1, 0.15) is 6.04 Å². The molecule has 52 heavy (non-hydrogen) atoms. The second-order valence-corrected chi connectivity index (χ2v) is 12.8. The van der Waals surface area contributed by atoms with E-state index in [1.807, 2.05) is 12.1 Å². The van der Waals surface area contributed by atoms with Crippen molar-refractivity contribution in [1.29, 1.82) is 0 Å². The van der Waals surface area contributed by atoms with Gasteiger partial charge in [-0.2, -0.15) is 0 Å². The number of nitrogens with one attached hydrogen (secondary N) is 2. The van der Waals surface area contributed by atoms with Crippen LogP contribution in [0.25, 0.3) is 10.9 Å². The Bertz CT molecular complexity index is 1940. The van der Waals surface area contributed by atoms with Crippen molar-refractivity contribution in [1.82, 2.24) is 4.98 Å². The van der Waals surface area contributed by atoms with Gasteiger partial charge in [-0.25, -0.2) is 4.79 Å². The third-order valence-electron chi connectivity index (χ3n) is 7.17. The predicted octanol–water partition coefficient (Wildman–Crippen LogP) is 4.49. The van der Waals surface area contributed by atoms with Gasteiger partial charge < -0.3 is 46.2 Å². The van der Waals surface area contributed by atoms with Crippen molar-refractivity contribution in [2.45, 2.75) is 44.1 Å². The standard InChI is InChI=1S/C14H10N2O5.C12H11NO4.C7H16NO5P/c17-13(11-6-1-2-7-12(11)14(18)19)15-9-4-3-5-10(8-9)16(20)21;14-11(15)5-8(12(16)17)9-6-13-10-4-2-1-3-7(9)10;8-6(7(9)10)4-2-1-3-5-14(11,12)13/h1-8H,(H,15,17)(H,18,19);1-4,6,8,13H,5H2,(H,14,15)(H,16,17);6H,1-5,8H2,(H,9,10)(H2,11,12,13). The summed E-state index contributed by atoms with van der Waals surface area (Å²) in [5.41, 5.74) is 6.44. The first kappa shape index (κ1) is 42.2. The number of benzene rings is 3. The van der Waals surface area contributed by atoms with E-state index < -0.39 is 60.7 Å². The predicted molar refractivity (Wildman–Crippen MR) is 186 cm³/mol. The number of H-pyrrole nitrogens is 1. The lowest BCUT2D eigenvalue weighted by molar-refractivity contribution is -0.384. The van der Waals surface area contributed by atoms with Crippen LogP contribution in [0, 0.1) is 10.1 Å². The van der Waals surface area contributed by atoms with Crippen molar-refractivity contribution in [2.24, 2.45) is 5.73 Å². The topological polar surface area (TPSA) is 321 Å². The maximum absolute atomic E-state index is 12.1. The Morgan fingerprint density at radius 1 is 0.846 bits per heavy atom. The van der Waals surface area contributed by atoms with Gasteiger partial charge in [-0.1, -0.05) is 49.2 Å². The smallest absolute Gasteiger partial charge is 0.336 e. The third-order valence-corrected chi connectivity index (χ3v) is 8.07. The number of anilines is 1. The van der Waals surface area contributed by atoms with Crippen LogP contribution in [-0.2, 0) is 18.9 Å². The average molecular weight is 745 g/mol. The Labute approximate surface area is 295 Å². The van der Waals surface area contributed by atoms with Gasteiger partial charge in [0, 0.05) is 41.1 Å². The number of para-hydroxylation sites is 1. The van der Waals surface area contributed by atoms with Crippen LogP contribution in [0.5, 0.6) is 0 Å². The number of nitro groups is 1. The molecular formula is C33H37N4O14P. The number of hydrogen-bond acceptors (Lipinski definition) is 9. The molecule has 2 atom stereocenters. The molecule has 4 rings (SSSR count). The fourth-order valence-electron chi connectivity index (χ4n) is 4.63. The van der Waals surface area contributed by atoms with Crippen molar-refractivity contribution in [3.63, 3.8) is 0 Å². The number of aliphatic carboxylic acids is 3. The number of nitrogens with two attached hydrogens (primary N) is 1. The van der Waals surface area contributed by atoms with Gasteiger partial charge in [0.15, 0.2) is 0 Å². The normalized spacial score (nSPS) is 11.8. The summed E-state index contributed by atoms with van der Waals surface area (Å²) >= 11 is 0. The largest absolute Gasteiger partial charge is 0.481 e. The lowest BCUT2D eigenvalue weighted by Crippen LogP contribution is -2.29. The monoisotopic (exact) mass is 744 g/mol. The van der Waals surface area contributed by atoms with Crippen LogP contribution < -0.4 is 11.1 Å². The van der Waals surface area contributed by atoms with Crippen molar-refractivity contribution >= 4 is 59.7 Å². The minimum Gasteiger partial charge on any atom is -0.481 e. The van der Waals surface area contributed by atoms with Crippen LogP contribution in [0.4, 0.5) is 11.4 Å². The van der Waals surface area contributed by atoms with E-state index in [0.717, 1.165) is 10.9 Å². The van der Waals surface area contributed by atoms with Gasteiger partial charge in [0.25, 0.3) is 11.6 Å². The number of nitrogens with zero attached hydrogens (tertiary/aromatic N) is 1. The second kappa shape index (κ2) is 20.0. The number of aromatic nitrogens is 1. The van der Waals surface area contributed by atoms with E-state index in [1.54, 1.807) is 18.3 Å². The summed E-state index contributed by atoms with van der Waals surface area (Å²) in [7, 11) is -3.90. The van der Waals surface area contributed by atoms with E-state index in [9.17, 15) is 38.7 Å². The Morgan fingerprint density at radius 2 is 1.48 bits per heavy atom. The molecule has 278 valence electrons. The van der Waals surface area contributed by atoms with E-state index in [0.29, 0.717) is 31.2 Å². The van der Waals surface area contributed by atoms with Gasteiger partial charge >= 0.3 is 31.5 Å². The first-order valence-electron chi connectivity index (χ1n) is 15.3. The van der Waals surface area contributed by atoms with E-state index >= 15 is 0 Å². The fraction of sp³-hybridized carbons (Fsp3) is 0.242. The summed E-state index contributed by atoms with van der Waals surface area (Å²) in [6, 6.07) is 17.5. The van der Waals surface area contributed by atoms with Crippen LogP contribution in [0.1, 0.15) is 64.3 Å². The van der Waals surface area contributed by atoms with Crippen molar-refractivity contribution in [3.05, 3.63) is 106 Å². The number of amides is 1. The Kier molecular flexibility index (Phi) is 16.3. The van der Waals surface area contributed by atoms with Crippen LogP contribution in [0.15, 0.2) is 79.0 Å². The van der Waals surface area contributed by atoms with Crippen molar-refractivity contribution in [3.8, 4) is 0 Å². The quantitative estimate of drug-likeness (QED) is 0.0350. The van der Waals surface area contributed by atoms with E-state index in [1.165, 1.54) is 48.5 Å². The van der Waals surface area contributed by atoms with Crippen molar-refractivity contribution in [2.75, 3.05) is 11.5 Å². The van der Waals surface area contributed by atoms with E-state index in [4.69, 9.17) is 35.9 Å². The molecule has 0 fully saturated rings. The third kappa shape index (κ3) is 14.1. The minimum absolute atomic E-state index is 0.0171. The molecule has 0 aliphatic carbocycles. The molecule has 0 aliphatic rings. The molecule has 0 radical (unpaired) electrons. The summed E-state index contributed by atoms with van der Waals surface area (Å²) in [5, 5.41) is 49.1. The zero-order chi connectivity index (χ0) is 39.0. The molecule has 19 heteroatoms. The Hall–Kier alpha value is -5.94. The maximum Gasteiger partial charge on any atom is 0.336 e. The SMILES string of the molecule is NC(CCCCCP(=O)(O)O)C(=O)O.O=C(O)CC(C(=O)O)c1c[nH]c2ccccc12.O=C(O)c1ccccc1C(=O)Nc1cccc([N+](=O)[O-])c1. The van der Waals surface area contributed by atoms with Gasteiger partial charge in [0.2, 0.25) is 0 Å². The molecule has 0 aliphatic heterocycles. The number of fused-ring (bicyclic) bond motifs is 1. The van der Waals surface area contributed by atoms with Crippen LogP contribution in [0.2, 0.25) is 0 Å². The lowest BCUT2D eigenvalue weighted by atomic mass is 9.95. The van der Waals surface area contributed by atoms with Crippen LogP contribution in [0.3, 0.4) is 0 Å². The molecule has 2 unspecified atom stereocenters. The number of rotatable bonds is 15. The number of aromatic carboxylic acids is 1. The second-order valence-electron chi connectivity index (χ2n) is 11.1. The summed E-state index contributed by atoms with van der Waals surface area (Å²) in [5.74, 6) is -6.18. The number of carbonyl (C=O) groups excluding carboxylic acids is 1. The van der Waals surface area contributed by atoms with Crippen LogP contribution in [-0.4, -0.2) is 82.1 Å². The Balaban J connectivity index is 0.000000277. The molecule has 3 aromatic carbocycles. The summed E-state index contributed by atoms with van der Waals surface area (Å²) < 4.78 is 10.4. The highest BCUT2D eigenvalue weighted by Crippen LogP contribution is 2.35. The molecule has 18 nitrogen and oxygen atoms in total. The van der Waals surface area contributed by atoms with Gasteiger partial charge in [-0.3, -0.25) is 33.9 Å². The molecule has 1 aromatic heterocycles. The molecule has 0 saturated carbocycles. The molecule has 10 N–H and O–H groups in total. The minimum atomic E-state index is -3.90. The average Bonchev–Trinajstić information content (AvgIpc) is 3.50. The van der Waals surface area contributed by atoms with Gasteiger partial charge in [-0.15, -0.1) is 0 Å². The highest BCUT2D eigenvalue weighted by molar-refractivity contribution is 7.51. The van der Waals surface area contributed by atoms with Gasteiger partial charge in [0.05, 0.1) is 28.4 Å². The number of nitro benzene ring substituents is 1. The number of unbranched alkanes of at least 4 members (excludes halogenated alkanes) is 2. The molecular weight excluding hydrogens is 707 g/mol. The number of non-ortho nitro benzene ring substituents is 1. The summed E-state index contributed by atoms with van der Waals surface area (Å²) in [6.07, 6.45) is 2.91. The molecule has 0 bridgehead atoms. The number of carboxylic acid groups (broad SMARTS) is 4. The van der Waals surface area contributed by atoms with E-state index in [-0.39, 0.29) is 28.7 Å². The zero-order valence-electron chi connectivity index (χ0n) is 27.3. The molecule has 1 heterocycles.